The Hall–Kier alpha value is -3.15. The summed E-state index contributed by atoms with van der Waals surface area (Å²) in [5.41, 5.74) is 3.86. The highest BCUT2D eigenvalue weighted by molar-refractivity contribution is 5.95. The number of rotatable bonds is 6. The molecule has 0 aliphatic carbocycles. The van der Waals surface area contributed by atoms with Crippen molar-refractivity contribution in [1.82, 2.24) is 14.9 Å². The molecule has 1 fully saturated rings. The van der Waals surface area contributed by atoms with E-state index in [1.54, 1.807) is 4.90 Å². The second-order valence-electron chi connectivity index (χ2n) is 7.03. The van der Waals surface area contributed by atoms with Crippen LogP contribution >= 0.6 is 0 Å². The number of aryl methyl sites for hydroxylation is 1. The van der Waals surface area contributed by atoms with Crippen molar-refractivity contribution in [2.24, 2.45) is 0 Å². The second kappa shape index (κ2) is 7.84. The van der Waals surface area contributed by atoms with Gasteiger partial charge in [-0.2, -0.15) is 0 Å². The van der Waals surface area contributed by atoms with Gasteiger partial charge in [-0.05, 0) is 43.2 Å². The molecule has 1 aromatic heterocycles. The summed E-state index contributed by atoms with van der Waals surface area (Å²) in [6.45, 7) is 4.06. The molecule has 2 aromatic carbocycles. The Bertz CT molecular complexity index is 1010. The number of para-hydroxylation sites is 2. The molecule has 28 heavy (non-hydrogen) atoms. The summed E-state index contributed by atoms with van der Waals surface area (Å²) in [4.78, 5) is 30.7. The molecule has 0 spiro atoms. The third-order valence-electron chi connectivity index (χ3n) is 5.18. The number of imidazole rings is 1. The number of fused-ring (bicyclic) bond motifs is 1. The first kappa shape index (κ1) is 18.2. The van der Waals surface area contributed by atoms with E-state index in [4.69, 9.17) is 0 Å². The van der Waals surface area contributed by atoms with Crippen molar-refractivity contribution in [1.29, 1.82) is 0 Å². The molecule has 1 saturated heterocycles. The van der Waals surface area contributed by atoms with E-state index in [0.717, 1.165) is 47.6 Å². The monoisotopic (exact) mass is 376 g/mol. The van der Waals surface area contributed by atoms with Crippen LogP contribution in [0.2, 0.25) is 0 Å². The Labute approximate surface area is 164 Å². The number of nitrogens with zero attached hydrogens (tertiary/aromatic N) is 3. The third-order valence-corrected chi connectivity index (χ3v) is 5.18. The summed E-state index contributed by atoms with van der Waals surface area (Å²) in [5.74, 6) is 0.990. The maximum Gasteiger partial charge on any atom is 0.227 e. The molecule has 2 amide bonds. The smallest absolute Gasteiger partial charge is 0.227 e. The summed E-state index contributed by atoms with van der Waals surface area (Å²) in [6, 6.07) is 15.7. The van der Waals surface area contributed by atoms with Crippen molar-refractivity contribution in [3.8, 4) is 0 Å². The highest BCUT2D eigenvalue weighted by Crippen LogP contribution is 2.21. The van der Waals surface area contributed by atoms with Gasteiger partial charge in [-0.25, -0.2) is 4.98 Å². The topological polar surface area (TPSA) is 67.2 Å². The van der Waals surface area contributed by atoms with E-state index in [0.29, 0.717) is 19.4 Å². The molecule has 1 aliphatic heterocycles. The summed E-state index contributed by atoms with van der Waals surface area (Å²) < 4.78 is 2.12. The molecule has 1 aliphatic rings. The van der Waals surface area contributed by atoms with E-state index >= 15 is 0 Å². The highest BCUT2D eigenvalue weighted by Gasteiger charge is 2.21. The quantitative estimate of drug-likeness (QED) is 0.719. The first-order chi connectivity index (χ1) is 13.7. The molecular formula is C22H24N4O2. The lowest BCUT2D eigenvalue weighted by Crippen LogP contribution is -2.26. The molecule has 144 valence electrons. The third kappa shape index (κ3) is 3.63. The summed E-state index contributed by atoms with van der Waals surface area (Å²) in [7, 11) is 0. The number of hydrogen-bond acceptors (Lipinski definition) is 3. The summed E-state index contributed by atoms with van der Waals surface area (Å²) in [6.07, 6.45) is 1.83. The van der Waals surface area contributed by atoms with Crippen molar-refractivity contribution >= 4 is 28.5 Å². The van der Waals surface area contributed by atoms with Crippen LogP contribution in [0.15, 0.2) is 48.5 Å². The van der Waals surface area contributed by atoms with Crippen LogP contribution in [0.1, 0.15) is 31.2 Å². The Morgan fingerprint density at radius 2 is 1.93 bits per heavy atom. The van der Waals surface area contributed by atoms with Crippen LogP contribution in [0.25, 0.3) is 11.0 Å². The molecule has 1 N–H and O–H groups in total. The van der Waals surface area contributed by atoms with Gasteiger partial charge in [0.1, 0.15) is 5.82 Å². The molecule has 6 nitrogen and oxygen atoms in total. The van der Waals surface area contributed by atoms with Crippen molar-refractivity contribution in [3.63, 3.8) is 0 Å². The van der Waals surface area contributed by atoms with Crippen LogP contribution in [0.3, 0.4) is 0 Å². The largest absolute Gasteiger partial charge is 0.349 e. The van der Waals surface area contributed by atoms with Crippen molar-refractivity contribution < 1.29 is 9.59 Å². The first-order valence-corrected chi connectivity index (χ1v) is 9.76. The first-order valence-electron chi connectivity index (χ1n) is 9.76. The minimum atomic E-state index is -0.0419. The van der Waals surface area contributed by atoms with Gasteiger partial charge in [-0.1, -0.05) is 24.3 Å². The van der Waals surface area contributed by atoms with Gasteiger partial charge >= 0.3 is 0 Å². The fourth-order valence-electron chi connectivity index (χ4n) is 3.75. The SMILES string of the molecule is CCn1c(CNC(=O)Cc2ccc(N3CCCC3=O)cc2)nc2ccccc21. The van der Waals surface area contributed by atoms with Crippen molar-refractivity contribution in [3.05, 3.63) is 59.9 Å². The van der Waals surface area contributed by atoms with Gasteiger partial charge in [0.25, 0.3) is 0 Å². The molecule has 0 unspecified atom stereocenters. The fraction of sp³-hybridized carbons (Fsp3) is 0.318. The maximum atomic E-state index is 12.4. The molecule has 3 aromatic rings. The summed E-state index contributed by atoms with van der Waals surface area (Å²) in [5, 5.41) is 2.97. The minimum absolute atomic E-state index is 0.0419. The van der Waals surface area contributed by atoms with E-state index in [9.17, 15) is 9.59 Å². The van der Waals surface area contributed by atoms with E-state index in [-0.39, 0.29) is 11.8 Å². The maximum absolute atomic E-state index is 12.4. The van der Waals surface area contributed by atoms with Crippen LogP contribution in [0.4, 0.5) is 5.69 Å². The Morgan fingerprint density at radius 3 is 2.64 bits per heavy atom. The van der Waals surface area contributed by atoms with Crippen molar-refractivity contribution in [2.75, 3.05) is 11.4 Å². The Balaban J connectivity index is 1.38. The van der Waals surface area contributed by atoms with Crippen LogP contribution < -0.4 is 10.2 Å². The van der Waals surface area contributed by atoms with E-state index < -0.39 is 0 Å². The zero-order chi connectivity index (χ0) is 19.5. The van der Waals surface area contributed by atoms with Crippen molar-refractivity contribution in [2.45, 2.75) is 39.3 Å². The molecule has 0 radical (unpaired) electrons. The number of carbonyl (C=O) groups excluding carboxylic acids is 2. The van der Waals surface area contributed by atoms with E-state index in [1.807, 2.05) is 48.5 Å². The summed E-state index contributed by atoms with van der Waals surface area (Å²) >= 11 is 0. The predicted molar refractivity (Wildman–Crippen MR) is 109 cm³/mol. The zero-order valence-corrected chi connectivity index (χ0v) is 16.0. The second-order valence-corrected chi connectivity index (χ2v) is 7.03. The average Bonchev–Trinajstić information content (AvgIpc) is 3.29. The number of amides is 2. The minimum Gasteiger partial charge on any atom is -0.349 e. The fourth-order valence-corrected chi connectivity index (χ4v) is 3.75. The molecular weight excluding hydrogens is 352 g/mol. The Kier molecular flexibility index (Phi) is 5.10. The number of nitrogens with one attached hydrogen (secondary N) is 1. The van der Waals surface area contributed by atoms with Gasteiger partial charge in [-0.15, -0.1) is 0 Å². The Morgan fingerprint density at radius 1 is 1.14 bits per heavy atom. The molecule has 6 heteroatoms. The zero-order valence-electron chi connectivity index (χ0n) is 16.0. The molecule has 2 heterocycles. The average molecular weight is 376 g/mol. The molecule has 0 atom stereocenters. The van der Waals surface area contributed by atoms with Gasteiger partial charge in [0.05, 0.1) is 24.0 Å². The van der Waals surface area contributed by atoms with E-state index in [1.165, 1.54) is 0 Å². The van der Waals surface area contributed by atoms with Gasteiger partial charge in [-0.3, -0.25) is 9.59 Å². The standard InChI is InChI=1S/C22H24N4O2/c1-2-25-19-7-4-3-6-18(19)24-20(25)15-23-21(27)14-16-9-11-17(12-10-16)26-13-5-8-22(26)28/h3-4,6-7,9-12H,2,5,8,13-15H2,1H3,(H,23,27). The molecule has 0 saturated carbocycles. The number of anilines is 1. The van der Waals surface area contributed by atoms with E-state index in [2.05, 4.69) is 21.8 Å². The predicted octanol–water partition coefficient (Wildman–Crippen LogP) is 3.04. The van der Waals surface area contributed by atoms with Crippen LogP contribution in [0, 0.1) is 0 Å². The van der Waals surface area contributed by atoms with Gasteiger partial charge < -0.3 is 14.8 Å². The molecule has 0 bridgehead atoms. The lowest BCUT2D eigenvalue weighted by Gasteiger charge is -2.15. The van der Waals surface area contributed by atoms with Crippen LogP contribution in [-0.2, 0) is 29.1 Å². The van der Waals surface area contributed by atoms with Crippen LogP contribution in [-0.4, -0.2) is 27.9 Å². The number of aromatic nitrogens is 2. The lowest BCUT2D eigenvalue weighted by atomic mass is 10.1. The highest BCUT2D eigenvalue weighted by atomic mass is 16.2. The van der Waals surface area contributed by atoms with Crippen LogP contribution in [0.5, 0.6) is 0 Å². The number of carbonyl (C=O) groups is 2. The normalized spacial score (nSPS) is 14.0. The molecule has 4 rings (SSSR count). The van der Waals surface area contributed by atoms with Gasteiger partial charge in [0.2, 0.25) is 11.8 Å². The van der Waals surface area contributed by atoms with Gasteiger partial charge in [0.15, 0.2) is 0 Å². The lowest BCUT2D eigenvalue weighted by molar-refractivity contribution is -0.120. The number of benzene rings is 2. The number of hydrogen-bond donors (Lipinski definition) is 1. The van der Waals surface area contributed by atoms with Gasteiger partial charge in [0, 0.05) is 25.2 Å².